The lowest BCUT2D eigenvalue weighted by Gasteiger charge is -2.30. The van der Waals surface area contributed by atoms with Gasteiger partial charge in [0.15, 0.2) is 0 Å². The minimum absolute atomic E-state index is 0.0653. The molecule has 0 aliphatic carbocycles. The second-order valence-corrected chi connectivity index (χ2v) is 8.43. The van der Waals surface area contributed by atoms with Crippen LogP contribution in [0.2, 0.25) is 0 Å². The van der Waals surface area contributed by atoms with Gasteiger partial charge in [-0.3, -0.25) is 0 Å². The fourth-order valence-electron chi connectivity index (χ4n) is 3.37. The number of hydrogen-bond donors (Lipinski definition) is 2. The second-order valence-electron chi connectivity index (χ2n) is 6.97. The van der Waals surface area contributed by atoms with Gasteiger partial charge >= 0.3 is 0 Å². The molecule has 0 aromatic carbocycles. The van der Waals surface area contributed by atoms with Gasteiger partial charge in [0.1, 0.15) is 0 Å². The molecule has 2 heterocycles. The molecule has 2 rings (SSSR count). The van der Waals surface area contributed by atoms with Crippen molar-refractivity contribution in [2.45, 2.75) is 59.1 Å². The van der Waals surface area contributed by atoms with Crippen LogP contribution in [0.3, 0.4) is 0 Å². The van der Waals surface area contributed by atoms with Crippen LogP contribution in [0.5, 0.6) is 0 Å². The van der Waals surface area contributed by atoms with Crippen molar-refractivity contribution in [1.29, 1.82) is 0 Å². The Kier molecular flexibility index (Phi) is 6.87. The highest BCUT2D eigenvalue weighted by Gasteiger charge is 2.19. The number of nitrogens with one attached hydrogen (secondary N) is 1. The lowest BCUT2D eigenvalue weighted by atomic mass is 9.96. The molecule has 0 saturated carbocycles. The Balaban J connectivity index is 1.77. The smallest absolute Gasteiger partial charge is 0.0564 e. The SMILES string of the molecule is Cc1cc(C(NCCCN2CCC(O)CC2)C(C)C)c(C)s1. The van der Waals surface area contributed by atoms with Crippen molar-refractivity contribution in [1.82, 2.24) is 10.2 Å². The van der Waals surface area contributed by atoms with Crippen molar-refractivity contribution in [2.75, 3.05) is 26.2 Å². The summed E-state index contributed by atoms with van der Waals surface area (Å²) in [5.74, 6) is 0.609. The van der Waals surface area contributed by atoms with E-state index in [9.17, 15) is 5.11 Å². The number of aliphatic hydroxyl groups excluding tert-OH is 1. The molecule has 22 heavy (non-hydrogen) atoms. The zero-order valence-corrected chi connectivity index (χ0v) is 15.4. The Labute approximate surface area is 139 Å². The van der Waals surface area contributed by atoms with Crippen LogP contribution in [0.4, 0.5) is 0 Å². The van der Waals surface area contributed by atoms with Crippen LogP contribution in [0, 0.1) is 19.8 Å². The number of hydrogen-bond acceptors (Lipinski definition) is 4. The molecule has 1 saturated heterocycles. The van der Waals surface area contributed by atoms with Crippen LogP contribution in [0.1, 0.15) is 54.5 Å². The Morgan fingerprint density at radius 3 is 2.55 bits per heavy atom. The third kappa shape index (κ3) is 5.05. The normalized spacial score (nSPS) is 19.0. The molecule has 1 aliphatic heterocycles. The van der Waals surface area contributed by atoms with E-state index >= 15 is 0 Å². The number of aliphatic hydroxyl groups is 1. The standard InChI is InChI=1S/C18H32N2OS/c1-13(2)18(17-12-14(3)22-15(17)4)19-8-5-9-20-10-6-16(21)7-11-20/h12-13,16,18-19,21H,5-11H2,1-4H3. The number of piperidine rings is 1. The average Bonchev–Trinajstić information content (AvgIpc) is 2.79. The predicted molar refractivity (Wildman–Crippen MR) is 95.7 cm³/mol. The number of nitrogens with zero attached hydrogens (tertiary/aromatic N) is 1. The molecular weight excluding hydrogens is 292 g/mol. The van der Waals surface area contributed by atoms with E-state index in [0.717, 1.165) is 39.0 Å². The summed E-state index contributed by atoms with van der Waals surface area (Å²) in [6.45, 7) is 13.4. The highest BCUT2D eigenvalue weighted by atomic mass is 32.1. The molecule has 2 N–H and O–H groups in total. The number of likely N-dealkylation sites (tertiary alicyclic amines) is 1. The zero-order chi connectivity index (χ0) is 16.1. The van der Waals surface area contributed by atoms with E-state index in [4.69, 9.17) is 0 Å². The van der Waals surface area contributed by atoms with Gasteiger partial charge in [0.25, 0.3) is 0 Å². The molecular formula is C18H32N2OS. The van der Waals surface area contributed by atoms with E-state index in [0.29, 0.717) is 12.0 Å². The maximum absolute atomic E-state index is 9.55. The van der Waals surface area contributed by atoms with Crippen LogP contribution in [0.25, 0.3) is 0 Å². The minimum atomic E-state index is -0.0653. The monoisotopic (exact) mass is 324 g/mol. The van der Waals surface area contributed by atoms with Crippen molar-refractivity contribution in [3.05, 3.63) is 21.4 Å². The molecule has 3 nitrogen and oxygen atoms in total. The Bertz CT molecular complexity index is 450. The van der Waals surface area contributed by atoms with Gasteiger partial charge in [-0.25, -0.2) is 0 Å². The highest BCUT2D eigenvalue weighted by Crippen LogP contribution is 2.30. The van der Waals surface area contributed by atoms with E-state index in [-0.39, 0.29) is 6.10 Å². The summed E-state index contributed by atoms with van der Waals surface area (Å²) in [5, 5.41) is 13.3. The zero-order valence-electron chi connectivity index (χ0n) is 14.6. The Morgan fingerprint density at radius 1 is 1.32 bits per heavy atom. The first-order valence-electron chi connectivity index (χ1n) is 8.68. The topological polar surface area (TPSA) is 35.5 Å². The lowest BCUT2D eigenvalue weighted by Crippen LogP contribution is -2.37. The van der Waals surface area contributed by atoms with Gasteiger partial charge in [0.05, 0.1) is 6.10 Å². The molecule has 0 amide bonds. The molecule has 0 radical (unpaired) electrons. The van der Waals surface area contributed by atoms with Crippen molar-refractivity contribution < 1.29 is 5.11 Å². The third-order valence-corrected chi connectivity index (χ3v) is 5.64. The van der Waals surface area contributed by atoms with Crippen LogP contribution < -0.4 is 5.32 Å². The van der Waals surface area contributed by atoms with Crippen molar-refractivity contribution >= 4 is 11.3 Å². The first kappa shape index (κ1) is 17.9. The number of aryl methyl sites for hydroxylation is 2. The molecule has 0 bridgehead atoms. The summed E-state index contributed by atoms with van der Waals surface area (Å²) in [6, 6.07) is 2.82. The van der Waals surface area contributed by atoms with Crippen molar-refractivity contribution in [3.8, 4) is 0 Å². The van der Waals surface area contributed by atoms with Gasteiger partial charge in [0.2, 0.25) is 0 Å². The van der Waals surface area contributed by atoms with Gasteiger partial charge in [-0.15, -0.1) is 11.3 Å². The van der Waals surface area contributed by atoms with Crippen LogP contribution in [0.15, 0.2) is 6.07 Å². The Morgan fingerprint density at radius 2 is 2.00 bits per heavy atom. The molecule has 0 spiro atoms. The van der Waals surface area contributed by atoms with Gasteiger partial charge < -0.3 is 15.3 Å². The quantitative estimate of drug-likeness (QED) is 0.754. The summed E-state index contributed by atoms with van der Waals surface area (Å²) in [6.07, 6.45) is 3.00. The van der Waals surface area contributed by atoms with E-state index in [1.165, 1.54) is 21.7 Å². The van der Waals surface area contributed by atoms with Crippen LogP contribution in [-0.4, -0.2) is 42.3 Å². The molecule has 1 aromatic heterocycles. The molecule has 1 aromatic rings. The molecule has 1 atom stereocenters. The molecule has 4 heteroatoms. The third-order valence-electron chi connectivity index (χ3n) is 4.65. The molecule has 126 valence electrons. The molecule has 1 fully saturated rings. The van der Waals surface area contributed by atoms with E-state index in [1.54, 1.807) is 0 Å². The Hall–Kier alpha value is -0.420. The summed E-state index contributed by atoms with van der Waals surface area (Å²) in [5.41, 5.74) is 1.48. The predicted octanol–water partition coefficient (Wildman–Crippen LogP) is 3.50. The fraction of sp³-hybridized carbons (Fsp3) is 0.778. The largest absolute Gasteiger partial charge is 0.393 e. The second kappa shape index (κ2) is 8.44. The summed E-state index contributed by atoms with van der Waals surface area (Å²) < 4.78 is 0. The maximum Gasteiger partial charge on any atom is 0.0564 e. The van der Waals surface area contributed by atoms with E-state index in [1.807, 2.05) is 11.3 Å². The van der Waals surface area contributed by atoms with Crippen molar-refractivity contribution in [2.24, 2.45) is 5.92 Å². The van der Waals surface area contributed by atoms with Gasteiger partial charge in [-0.2, -0.15) is 0 Å². The summed E-state index contributed by atoms with van der Waals surface area (Å²) in [7, 11) is 0. The summed E-state index contributed by atoms with van der Waals surface area (Å²) >= 11 is 1.91. The van der Waals surface area contributed by atoms with Gasteiger partial charge in [-0.1, -0.05) is 13.8 Å². The van der Waals surface area contributed by atoms with Crippen LogP contribution >= 0.6 is 11.3 Å². The van der Waals surface area contributed by atoms with Gasteiger partial charge in [-0.05, 0) is 63.7 Å². The van der Waals surface area contributed by atoms with Crippen LogP contribution in [-0.2, 0) is 0 Å². The van der Waals surface area contributed by atoms with Gasteiger partial charge in [0, 0.05) is 28.9 Å². The first-order chi connectivity index (χ1) is 10.5. The average molecular weight is 325 g/mol. The fourth-order valence-corrected chi connectivity index (χ4v) is 4.34. The number of rotatable bonds is 7. The van der Waals surface area contributed by atoms with E-state index < -0.39 is 0 Å². The first-order valence-corrected chi connectivity index (χ1v) is 9.49. The highest BCUT2D eigenvalue weighted by molar-refractivity contribution is 7.12. The van der Waals surface area contributed by atoms with Crippen molar-refractivity contribution in [3.63, 3.8) is 0 Å². The lowest BCUT2D eigenvalue weighted by molar-refractivity contribution is 0.0819. The summed E-state index contributed by atoms with van der Waals surface area (Å²) in [4.78, 5) is 5.35. The minimum Gasteiger partial charge on any atom is -0.393 e. The maximum atomic E-state index is 9.55. The molecule has 1 unspecified atom stereocenters. The van der Waals surface area contributed by atoms with E-state index in [2.05, 4.69) is 44.0 Å². The molecule has 1 aliphatic rings. The number of thiophene rings is 1.